The van der Waals surface area contributed by atoms with E-state index in [9.17, 15) is 9.59 Å². The lowest BCUT2D eigenvalue weighted by molar-refractivity contribution is -0.138. The molecule has 1 unspecified atom stereocenters. The van der Waals surface area contributed by atoms with Crippen molar-refractivity contribution in [3.63, 3.8) is 0 Å². The third-order valence-electron chi connectivity index (χ3n) is 2.99. The van der Waals surface area contributed by atoms with Crippen LogP contribution < -0.4 is 10.6 Å². The number of carbonyl (C=O) groups excluding carboxylic acids is 2. The fraction of sp³-hybridized carbons (Fsp3) is 0.615. The zero-order valence-corrected chi connectivity index (χ0v) is 12.0. The number of amides is 2. The van der Waals surface area contributed by atoms with E-state index in [1.165, 1.54) is 0 Å². The molecule has 0 bridgehead atoms. The van der Waals surface area contributed by atoms with Crippen molar-refractivity contribution in [2.24, 2.45) is 5.41 Å². The second-order valence-corrected chi connectivity index (χ2v) is 5.18. The second-order valence-electron chi connectivity index (χ2n) is 5.18. The van der Waals surface area contributed by atoms with Crippen molar-refractivity contribution in [3.8, 4) is 0 Å². The molecule has 0 aliphatic heterocycles. The van der Waals surface area contributed by atoms with E-state index in [2.05, 4.69) is 15.8 Å². The summed E-state index contributed by atoms with van der Waals surface area (Å²) < 4.78 is 4.86. The van der Waals surface area contributed by atoms with E-state index in [4.69, 9.17) is 4.52 Å². The highest BCUT2D eigenvalue weighted by Gasteiger charge is 2.36. The summed E-state index contributed by atoms with van der Waals surface area (Å²) in [7, 11) is 0. The van der Waals surface area contributed by atoms with Crippen molar-refractivity contribution in [1.29, 1.82) is 0 Å². The van der Waals surface area contributed by atoms with Crippen molar-refractivity contribution in [3.05, 3.63) is 11.8 Å². The van der Waals surface area contributed by atoms with Gasteiger partial charge in [0.05, 0.1) is 0 Å². The van der Waals surface area contributed by atoms with E-state index in [1.807, 2.05) is 13.8 Å². The lowest BCUT2D eigenvalue weighted by Gasteiger charge is -2.24. The average molecular weight is 267 g/mol. The van der Waals surface area contributed by atoms with Crippen LogP contribution in [-0.2, 0) is 9.59 Å². The summed E-state index contributed by atoms with van der Waals surface area (Å²) >= 11 is 0. The molecule has 0 saturated carbocycles. The Morgan fingerprint density at radius 2 is 2.05 bits per heavy atom. The van der Waals surface area contributed by atoms with E-state index >= 15 is 0 Å². The molecule has 1 rings (SSSR count). The van der Waals surface area contributed by atoms with Gasteiger partial charge in [-0.3, -0.25) is 9.59 Å². The largest absolute Gasteiger partial charge is 0.360 e. The molecule has 0 aromatic carbocycles. The highest BCUT2D eigenvalue weighted by atomic mass is 16.5. The highest BCUT2D eigenvalue weighted by Crippen LogP contribution is 2.19. The van der Waals surface area contributed by atoms with Crippen LogP contribution in [0.2, 0.25) is 0 Å². The van der Waals surface area contributed by atoms with Crippen LogP contribution in [0.1, 0.15) is 39.9 Å². The van der Waals surface area contributed by atoms with Gasteiger partial charge in [-0.25, -0.2) is 0 Å². The van der Waals surface area contributed by atoms with E-state index in [0.29, 0.717) is 11.6 Å². The lowest BCUT2D eigenvalue weighted by Crippen LogP contribution is -2.47. The average Bonchev–Trinajstić information content (AvgIpc) is 2.74. The van der Waals surface area contributed by atoms with Gasteiger partial charge >= 0.3 is 0 Å². The summed E-state index contributed by atoms with van der Waals surface area (Å²) in [4.78, 5) is 24.2. The first kappa shape index (κ1) is 15.2. The quantitative estimate of drug-likeness (QED) is 0.797. The van der Waals surface area contributed by atoms with E-state index in [1.54, 1.807) is 26.8 Å². The predicted octanol–water partition coefficient (Wildman–Crippen LogP) is 1.86. The van der Waals surface area contributed by atoms with Crippen molar-refractivity contribution in [2.45, 2.75) is 47.1 Å². The summed E-state index contributed by atoms with van der Waals surface area (Å²) in [5.41, 5.74) is -1.17. The van der Waals surface area contributed by atoms with Crippen molar-refractivity contribution >= 4 is 17.6 Å². The molecular weight excluding hydrogens is 246 g/mol. The second kappa shape index (κ2) is 5.86. The van der Waals surface area contributed by atoms with E-state index in [0.717, 1.165) is 6.42 Å². The van der Waals surface area contributed by atoms with Crippen molar-refractivity contribution < 1.29 is 14.1 Å². The minimum Gasteiger partial charge on any atom is -0.360 e. The first-order chi connectivity index (χ1) is 8.77. The Labute approximate surface area is 112 Å². The van der Waals surface area contributed by atoms with E-state index in [-0.39, 0.29) is 11.9 Å². The van der Waals surface area contributed by atoms with Crippen LogP contribution in [-0.4, -0.2) is 23.0 Å². The number of anilines is 1. The SMILES string of the molecule is CCC(C)NC(=O)C(C)(C)C(=O)Nc1cc(C)on1. The maximum atomic E-state index is 12.1. The van der Waals surface area contributed by atoms with Gasteiger partial charge in [0.15, 0.2) is 5.82 Å². The first-order valence-electron chi connectivity index (χ1n) is 6.33. The number of carbonyl (C=O) groups is 2. The number of aryl methyl sites for hydroxylation is 1. The van der Waals surface area contributed by atoms with Gasteiger partial charge in [-0.2, -0.15) is 0 Å². The number of hydrogen-bond acceptors (Lipinski definition) is 4. The molecule has 0 aliphatic rings. The Kier molecular flexibility index (Phi) is 4.69. The molecule has 1 aromatic rings. The molecule has 106 valence electrons. The van der Waals surface area contributed by atoms with Gasteiger partial charge in [0.1, 0.15) is 11.2 Å². The summed E-state index contributed by atoms with van der Waals surface area (Å²) in [6.45, 7) is 8.74. The van der Waals surface area contributed by atoms with E-state index < -0.39 is 11.3 Å². The molecule has 0 aliphatic carbocycles. The summed E-state index contributed by atoms with van der Waals surface area (Å²) in [6.07, 6.45) is 0.811. The number of nitrogens with zero attached hydrogens (tertiary/aromatic N) is 1. The van der Waals surface area contributed by atoms with Crippen LogP contribution in [0.4, 0.5) is 5.82 Å². The molecule has 6 heteroatoms. The first-order valence-corrected chi connectivity index (χ1v) is 6.33. The highest BCUT2D eigenvalue weighted by molar-refractivity contribution is 6.09. The zero-order chi connectivity index (χ0) is 14.6. The van der Waals surface area contributed by atoms with Crippen molar-refractivity contribution in [2.75, 3.05) is 5.32 Å². The fourth-order valence-corrected chi connectivity index (χ4v) is 1.31. The minimum atomic E-state index is -1.17. The summed E-state index contributed by atoms with van der Waals surface area (Å²) in [6, 6.07) is 1.63. The Morgan fingerprint density at radius 3 is 2.53 bits per heavy atom. The third kappa shape index (κ3) is 3.81. The maximum absolute atomic E-state index is 12.1. The number of aromatic nitrogens is 1. The predicted molar refractivity (Wildman–Crippen MR) is 71.5 cm³/mol. The zero-order valence-electron chi connectivity index (χ0n) is 12.0. The summed E-state index contributed by atoms with van der Waals surface area (Å²) in [5, 5.41) is 9.04. The maximum Gasteiger partial charge on any atom is 0.240 e. The molecule has 0 saturated heterocycles. The fourth-order valence-electron chi connectivity index (χ4n) is 1.31. The molecule has 2 N–H and O–H groups in total. The number of rotatable bonds is 5. The van der Waals surface area contributed by atoms with Crippen LogP contribution in [0.15, 0.2) is 10.6 Å². The molecule has 1 atom stereocenters. The summed E-state index contributed by atoms with van der Waals surface area (Å²) in [5.74, 6) is 0.185. The monoisotopic (exact) mass is 267 g/mol. The smallest absolute Gasteiger partial charge is 0.240 e. The normalized spacial score (nSPS) is 12.9. The number of nitrogens with one attached hydrogen (secondary N) is 2. The Balaban J connectivity index is 2.70. The van der Waals surface area contributed by atoms with Gasteiger partial charge < -0.3 is 15.2 Å². The van der Waals surface area contributed by atoms with Gasteiger partial charge in [-0.1, -0.05) is 12.1 Å². The lowest BCUT2D eigenvalue weighted by atomic mass is 9.90. The molecular formula is C13H21N3O3. The topological polar surface area (TPSA) is 84.2 Å². The molecule has 0 fully saturated rings. The van der Waals surface area contributed by atoms with Gasteiger partial charge in [0, 0.05) is 12.1 Å². The van der Waals surface area contributed by atoms with Crippen molar-refractivity contribution in [1.82, 2.24) is 10.5 Å². The minimum absolute atomic E-state index is 0.0360. The molecule has 2 amide bonds. The molecule has 19 heavy (non-hydrogen) atoms. The molecule has 1 aromatic heterocycles. The molecule has 1 heterocycles. The Hall–Kier alpha value is -1.85. The van der Waals surface area contributed by atoms with Gasteiger partial charge in [0.2, 0.25) is 11.8 Å². The Bertz CT molecular complexity index is 465. The van der Waals surface area contributed by atoms with Crippen LogP contribution >= 0.6 is 0 Å². The van der Waals surface area contributed by atoms with Gasteiger partial charge in [-0.05, 0) is 34.1 Å². The van der Waals surface area contributed by atoms with Gasteiger partial charge in [-0.15, -0.1) is 0 Å². The molecule has 0 spiro atoms. The molecule has 6 nitrogen and oxygen atoms in total. The standard InChI is InChI=1S/C13H21N3O3/c1-6-8(2)14-11(17)13(4,5)12(18)15-10-7-9(3)19-16-10/h7-8H,6H2,1-5H3,(H,14,17)(H,15,16,18). The van der Waals surface area contributed by atoms with Crippen LogP contribution in [0.5, 0.6) is 0 Å². The third-order valence-corrected chi connectivity index (χ3v) is 2.99. The molecule has 0 radical (unpaired) electrons. The number of hydrogen-bond donors (Lipinski definition) is 2. The van der Waals surface area contributed by atoms with Crippen LogP contribution in [0, 0.1) is 12.3 Å². The van der Waals surface area contributed by atoms with Crippen LogP contribution in [0.25, 0.3) is 0 Å². The Morgan fingerprint density at radius 1 is 1.42 bits per heavy atom. The van der Waals surface area contributed by atoms with Gasteiger partial charge in [0.25, 0.3) is 0 Å². The van der Waals surface area contributed by atoms with Crippen LogP contribution in [0.3, 0.4) is 0 Å².